The highest BCUT2D eigenvalue weighted by atomic mass is 35.5. The first-order valence-electron chi connectivity index (χ1n) is 8.32. The minimum Gasteiger partial charge on any atom is -0.493 e. The summed E-state index contributed by atoms with van der Waals surface area (Å²) in [6.07, 6.45) is 3.37. The molecule has 0 saturated heterocycles. The number of aromatic nitrogens is 2. The molecular formula is C21H19ClN2O3. The van der Waals surface area contributed by atoms with E-state index in [0.717, 1.165) is 11.1 Å². The second-order valence-corrected chi connectivity index (χ2v) is 6.30. The Labute approximate surface area is 161 Å². The molecule has 0 amide bonds. The Kier molecular flexibility index (Phi) is 5.62. The Morgan fingerprint density at radius 2 is 2.11 bits per heavy atom. The first-order chi connectivity index (χ1) is 13.0. The van der Waals surface area contributed by atoms with Crippen molar-refractivity contribution in [3.8, 4) is 11.5 Å². The first-order valence-corrected chi connectivity index (χ1v) is 8.70. The van der Waals surface area contributed by atoms with Crippen molar-refractivity contribution in [3.63, 3.8) is 0 Å². The zero-order valence-corrected chi connectivity index (χ0v) is 15.8. The smallest absolute Gasteiger partial charge is 0.259 e. The minimum atomic E-state index is -0.226. The lowest BCUT2D eigenvalue weighted by molar-refractivity contribution is 0.326. The summed E-state index contributed by atoms with van der Waals surface area (Å²) < 4.78 is 10.9. The van der Waals surface area contributed by atoms with Crippen LogP contribution in [0.15, 0.2) is 53.8 Å². The van der Waals surface area contributed by atoms with Crippen LogP contribution in [-0.2, 0) is 0 Å². The van der Waals surface area contributed by atoms with E-state index in [-0.39, 0.29) is 5.56 Å². The standard InChI is InChI=1S/C21H19ClN2O3/c1-4-10-27-17-9-8-14(12-18(17)26-3)11-16(22)20-23-19-13(2)6-5-7-15(19)21(25)24-20/h4-9,11-12H,1,10H2,2-3H3,(H,23,24,25)/b16-11-. The molecule has 138 valence electrons. The van der Waals surface area contributed by atoms with Crippen molar-refractivity contribution in [1.29, 1.82) is 0 Å². The molecule has 1 heterocycles. The van der Waals surface area contributed by atoms with Crippen molar-refractivity contribution < 1.29 is 9.47 Å². The molecule has 3 rings (SSSR count). The molecule has 1 N–H and O–H groups in total. The van der Waals surface area contributed by atoms with Gasteiger partial charge in [0.05, 0.1) is 23.0 Å². The van der Waals surface area contributed by atoms with Crippen molar-refractivity contribution in [2.24, 2.45) is 0 Å². The van der Waals surface area contributed by atoms with Crippen molar-refractivity contribution >= 4 is 33.6 Å². The van der Waals surface area contributed by atoms with Gasteiger partial charge in [-0.2, -0.15) is 0 Å². The molecule has 0 bridgehead atoms. The second-order valence-electron chi connectivity index (χ2n) is 5.89. The van der Waals surface area contributed by atoms with E-state index in [4.69, 9.17) is 21.1 Å². The fourth-order valence-electron chi connectivity index (χ4n) is 2.67. The number of methoxy groups -OCH3 is 1. The quantitative estimate of drug-likeness (QED) is 0.635. The van der Waals surface area contributed by atoms with Crippen LogP contribution < -0.4 is 15.0 Å². The Morgan fingerprint density at radius 3 is 2.85 bits per heavy atom. The van der Waals surface area contributed by atoms with Gasteiger partial charge in [-0.3, -0.25) is 4.79 Å². The summed E-state index contributed by atoms with van der Waals surface area (Å²) in [4.78, 5) is 19.6. The number of rotatable bonds is 6. The zero-order chi connectivity index (χ0) is 19.4. The molecule has 2 aromatic carbocycles. The van der Waals surface area contributed by atoms with Gasteiger partial charge in [0.25, 0.3) is 5.56 Å². The molecule has 6 heteroatoms. The average molecular weight is 383 g/mol. The molecule has 0 unspecified atom stereocenters. The molecule has 5 nitrogen and oxygen atoms in total. The fourth-order valence-corrected chi connectivity index (χ4v) is 2.89. The summed E-state index contributed by atoms with van der Waals surface area (Å²) in [5, 5.41) is 0.854. The summed E-state index contributed by atoms with van der Waals surface area (Å²) in [6, 6.07) is 10.9. The number of para-hydroxylation sites is 1. The van der Waals surface area contributed by atoms with Gasteiger partial charge in [-0.05, 0) is 42.3 Å². The maximum atomic E-state index is 12.3. The predicted octanol–water partition coefficient (Wildman–Crippen LogP) is 4.54. The van der Waals surface area contributed by atoms with Gasteiger partial charge in [0.15, 0.2) is 17.3 Å². The van der Waals surface area contributed by atoms with Crippen molar-refractivity contribution in [2.45, 2.75) is 6.92 Å². The molecule has 0 aliphatic carbocycles. The lowest BCUT2D eigenvalue weighted by Crippen LogP contribution is -2.11. The van der Waals surface area contributed by atoms with Crippen molar-refractivity contribution in [2.75, 3.05) is 13.7 Å². The molecule has 1 aromatic heterocycles. The Balaban J connectivity index is 2.00. The van der Waals surface area contributed by atoms with Gasteiger partial charge in [0.2, 0.25) is 0 Å². The summed E-state index contributed by atoms with van der Waals surface area (Å²) in [7, 11) is 1.57. The van der Waals surface area contributed by atoms with Crippen LogP contribution in [-0.4, -0.2) is 23.7 Å². The molecule has 27 heavy (non-hydrogen) atoms. The van der Waals surface area contributed by atoms with E-state index in [2.05, 4.69) is 16.5 Å². The SMILES string of the molecule is C=CCOc1ccc(/C=C(\Cl)c2nc3c(C)cccc3c(=O)[nH]2)cc1OC. The number of aryl methyl sites for hydroxylation is 1. The third-order valence-corrected chi connectivity index (χ3v) is 4.29. The van der Waals surface area contributed by atoms with E-state index < -0.39 is 0 Å². The van der Waals surface area contributed by atoms with E-state index in [1.807, 2.05) is 25.1 Å². The Morgan fingerprint density at radius 1 is 1.30 bits per heavy atom. The lowest BCUT2D eigenvalue weighted by atomic mass is 10.1. The number of fused-ring (bicyclic) bond motifs is 1. The van der Waals surface area contributed by atoms with Crippen LogP contribution in [0.3, 0.4) is 0 Å². The summed E-state index contributed by atoms with van der Waals surface area (Å²) >= 11 is 6.43. The summed E-state index contributed by atoms with van der Waals surface area (Å²) in [5.74, 6) is 1.50. The number of hydrogen-bond donors (Lipinski definition) is 1. The molecule has 0 saturated carbocycles. The van der Waals surface area contributed by atoms with Gasteiger partial charge in [-0.1, -0.05) is 42.5 Å². The maximum Gasteiger partial charge on any atom is 0.259 e. The molecule has 0 atom stereocenters. The highest BCUT2D eigenvalue weighted by Gasteiger charge is 2.10. The minimum absolute atomic E-state index is 0.226. The molecule has 0 aliphatic heterocycles. The maximum absolute atomic E-state index is 12.3. The molecular weight excluding hydrogens is 364 g/mol. The second kappa shape index (κ2) is 8.10. The van der Waals surface area contributed by atoms with Crippen molar-refractivity contribution in [3.05, 3.63) is 76.4 Å². The predicted molar refractivity (Wildman–Crippen MR) is 110 cm³/mol. The molecule has 0 spiro atoms. The number of H-pyrrole nitrogens is 1. The van der Waals surface area contributed by atoms with E-state index in [0.29, 0.717) is 39.9 Å². The van der Waals surface area contributed by atoms with E-state index >= 15 is 0 Å². The summed E-state index contributed by atoms with van der Waals surface area (Å²) in [5.41, 5.74) is 2.11. The van der Waals surface area contributed by atoms with Crippen LogP contribution in [0.25, 0.3) is 22.0 Å². The number of nitrogens with one attached hydrogen (secondary N) is 1. The number of aromatic amines is 1. The zero-order valence-electron chi connectivity index (χ0n) is 15.1. The van der Waals surface area contributed by atoms with Crippen LogP contribution in [0, 0.1) is 6.92 Å². The van der Waals surface area contributed by atoms with Crippen LogP contribution in [0.1, 0.15) is 17.0 Å². The summed E-state index contributed by atoms with van der Waals surface area (Å²) in [6.45, 7) is 5.92. The van der Waals surface area contributed by atoms with Gasteiger partial charge in [0, 0.05) is 0 Å². The van der Waals surface area contributed by atoms with Gasteiger partial charge >= 0.3 is 0 Å². The van der Waals surface area contributed by atoms with Crippen LogP contribution in [0.4, 0.5) is 0 Å². The van der Waals surface area contributed by atoms with Gasteiger partial charge in [0.1, 0.15) is 6.61 Å². The first kappa shape index (κ1) is 18.7. The third kappa shape index (κ3) is 4.04. The van der Waals surface area contributed by atoms with Crippen LogP contribution >= 0.6 is 11.6 Å². The third-order valence-electron chi connectivity index (χ3n) is 4.00. The monoisotopic (exact) mass is 382 g/mol. The van der Waals surface area contributed by atoms with E-state index in [1.54, 1.807) is 37.5 Å². The highest BCUT2D eigenvalue weighted by Crippen LogP contribution is 2.30. The van der Waals surface area contributed by atoms with Gasteiger partial charge < -0.3 is 14.5 Å². The molecule has 3 aromatic rings. The van der Waals surface area contributed by atoms with Gasteiger partial charge in [-0.15, -0.1) is 0 Å². The van der Waals surface area contributed by atoms with Crippen LogP contribution in [0.2, 0.25) is 0 Å². The van der Waals surface area contributed by atoms with Crippen LogP contribution in [0.5, 0.6) is 11.5 Å². The van der Waals surface area contributed by atoms with E-state index in [9.17, 15) is 4.79 Å². The molecule has 0 aliphatic rings. The normalized spacial score (nSPS) is 11.4. The van der Waals surface area contributed by atoms with Crippen molar-refractivity contribution in [1.82, 2.24) is 9.97 Å². The molecule has 0 radical (unpaired) electrons. The lowest BCUT2D eigenvalue weighted by Gasteiger charge is -2.10. The number of nitrogens with zero attached hydrogens (tertiary/aromatic N) is 1. The highest BCUT2D eigenvalue weighted by molar-refractivity contribution is 6.50. The number of hydrogen-bond acceptors (Lipinski definition) is 4. The average Bonchev–Trinajstić information content (AvgIpc) is 2.67. The Bertz CT molecular complexity index is 1090. The van der Waals surface area contributed by atoms with Gasteiger partial charge in [-0.25, -0.2) is 4.98 Å². The molecule has 0 fully saturated rings. The largest absolute Gasteiger partial charge is 0.493 e. The number of ether oxygens (including phenoxy) is 2. The fraction of sp³-hybridized carbons (Fsp3) is 0.143. The number of halogens is 1. The Hall–Kier alpha value is -3.05. The van der Waals surface area contributed by atoms with E-state index in [1.165, 1.54) is 0 Å². The topological polar surface area (TPSA) is 64.2 Å². The number of benzene rings is 2.